The number of carboxylic acid groups (broad SMARTS) is 2. The molecule has 2 N–H and O–H groups in total. The molecule has 9 heteroatoms. The van der Waals surface area contributed by atoms with Gasteiger partial charge in [0.15, 0.2) is 0 Å². The molecule has 0 aliphatic heterocycles. The second-order valence-electron chi connectivity index (χ2n) is 9.89. The van der Waals surface area contributed by atoms with Crippen molar-refractivity contribution in [2.45, 2.75) is 45.6 Å². The van der Waals surface area contributed by atoms with Crippen molar-refractivity contribution in [2.24, 2.45) is 0 Å². The van der Waals surface area contributed by atoms with E-state index in [9.17, 15) is 14.7 Å². The van der Waals surface area contributed by atoms with Crippen molar-refractivity contribution in [3.63, 3.8) is 0 Å². The predicted molar refractivity (Wildman–Crippen MR) is 162 cm³/mol. The Hall–Kier alpha value is -4.30. The number of hydrogen-bond acceptors (Lipinski definition) is 4. The molecule has 0 radical (unpaired) electrons. The molecule has 0 saturated carbocycles. The number of aromatic nitrogens is 1. The van der Waals surface area contributed by atoms with Crippen LogP contribution in [0.1, 0.15) is 48.1 Å². The van der Waals surface area contributed by atoms with Crippen LogP contribution in [0.15, 0.2) is 60.7 Å². The molecule has 1 aromatic heterocycles. The van der Waals surface area contributed by atoms with Crippen LogP contribution in [0, 0.1) is 12.7 Å². The van der Waals surface area contributed by atoms with Crippen molar-refractivity contribution >= 4 is 46.6 Å². The van der Waals surface area contributed by atoms with Gasteiger partial charge in [0.05, 0.1) is 23.8 Å². The number of carbonyl (C=O) groups is 2. The number of aliphatic carboxylic acids is 2. The van der Waals surface area contributed by atoms with Crippen molar-refractivity contribution in [3.8, 4) is 11.5 Å². The van der Waals surface area contributed by atoms with Crippen LogP contribution in [-0.4, -0.2) is 39.9 Å². The van der Waals surface area contributed by atoms with E-state index in [2.05, 4.69) is 0 Å². The number of fused-ring (bicyclic) bond motifs is 1. The smallest absolute Gasteiger partial charge is 0.323 e. The number of ether oxygens (including phenoxy) is 2. The number of benzene rings is 3. The molecule has 0 saturated heterocycles. The Bertz CT molecular complexity index is 1580. The van der Waals surface area contributed by atoms with Crippen LogP contribution in [0.3, 0.4) is 0 Å². The highest BCUT2D eigenvalue weighted by molar-refractivity contribution is 6.32. The molecule has 0 amide bonds. The maximum absolute atomic E-state index is 15.1. The van der Waals surface area contributed by atoms with E-state index in [0.29, 0.717) is 64.6 Å². The summed E-state index contributed by atoms with van der Waals surface area (Å²) in [4.78, 5) is 22.7. The molecular weight excluding hydrogens is 561 g/mol. The van der Waals surface area contributed by atoms with Crippen molar-refractivity contribution < 1.29 is 33.7 Å². The van der Waals surface area contributed by atoms with Gasteiger partial charge in [0.1, 0.15) is 23.9 Å². The number of para-hydroxylation sites is 1. The zero-order chi connectivity index (χ0) is 30.1. The van der Waals surface area contributed by atoms with Gasteiger partial charge in [-0.15, -0.1) is 0 Å². The van der Waals surface area contributed by atoms with Crippen molar-refractivity contribution in [1.29, 1.82) is 0 Å². The Labute approximate surface area is 248 Å². The first-order valence-electron chi connectivity index (χ1n) is 13.8. The van der Waals surface area contributed by atoms with Crippen LogP contribution in [0.4, 0.5) is 4.39 Å². The lowest BCUT2D eigenvalue weighted by molar-refractivity contribution is -0.138. The number of aryl methyl sites for hydroxylation is 1. The monoisotopic (exact) mass is 593 g/mol. The summed E-state index contributed by atoms with van der Waals surface area (Å²) in [6.45, 7) is 2.51. The average molecular weight is 594 g/mol. The van der Waals surface area contributed by atoms with Crippen LogP contribution in [0.25, 0.3) is 23.1 Å². The summed E-state index contributed by atoms with van der Waals surface area (Å²) >= 11 is 6.10. The van der Waals surface area contributed by atoms with Gasteiger partial charge in [0.2, 0.25) is 0 Å². The summed E-state index contributed by atoms with van der Waals surface area (Å²) in [5.74, 6) is -1.03. The fraction of sp³-hybridized carbons (Fsp3) is 0.273. The van der Waals surface area contributed by atoms with Crippen molar-refractivity contribution in [3.05, 3.63) is 93.9 Å². The molecular formula is C33H33ClFNO6. The van der Waals surface area contributed by atoms with E-state index in [1.54, 1.807) is 23.6 Å². The van der Waals surface area contributed by atoms with Gasteiger partial charge in [0.25, 0.3) is 0 Å². The number of halogens is 2. The molecule has 4 rings (SSSR count). The van der Waals surface area contributed by atoms with E-state index >= 15 is 4.39 Å². The van der Waals surface area contributed by atoms with E-state index in [-0.39, 0.29) is 13.0 Å². The predicted octanol–water partition coefficient (Wildman–Crippen LogP) is 7.64. The minimum Gasteiger partial charge on any atom is -0.494 e. The largest absolute Gasteiger partial charge is 0.494 e. The van der Waals surface area contributed by atoms with Crippen molar-refractivity contribution in [2.75, 3.05) is 13.2 Å². The maximum Gasteiger partial charge on any atom is 0.323 e. The molecule has 4 aromatic rings. The van der Waals surface area contributed by atoms with Gasteiger partial charge in [-0.3, -0.25) is 9.59 Å². The van der Waals surface area contributed by atoms with Gasteiger partial charge in [-0.2, -0.15) is 0 Å². The van der Waals surface area contributed by atoms with Crippen LogP contribution in [0.5, 0.6) is 11.5 Å². The third-order valence-corrected chi connectivity index (χ3v) is 7.23. The summed E-state index contributed by atoms with van der Waals surface area (Å²) < 4.78 is 28.2. The summed E-state index contributed by atoms with van der Waals surface area (Å²) in [6.07, 6.45) is 5.95. The minimum absolute atomic E-state index is 0.0516. The highest BCUT2D eigenvalue weighted by Crippen LogP contribution is 2.33. The fourth-order valence-corrected chi connectivity index (χ4v) is 5.05. The quantitative estimate of drug-likeness (QED) is 0.109. The summed E-state index contributed by atoms with van der Waals surface area (Å²) in [5, 5.41) is 19.5. The third kappa shape index (κ3) is 7.91. The zero-order valence-electron chi connectivity index (χ0n) is 23.3. The molecule has 42 heavy (non-hydrogen) atoms. The first-order chi connectivity index (χ1) is 20.2. The lowest BCUT2D eigenvalue weighted by Gasteiger charge is -2.09. The van der Waals surface area contributed by atoms with Gasteiger partial charge < -0.3 is 24.3 Å². The van der Waals surface area contributed by atoms with Gasteiger partial charge in [-0.05, 0) is 85.7 Å². The Balaban J connectivity index is 1.42. The first kappa shape index (κ1) is 30.7. The van der Waals surface area contributed by atoms with Crippen LogP contribution < -0.4 is 9.47 Å². The van der Waals surface area contributed by atoms with Gasteiger partial charge in [-0.1, -0.05) is 48.0 Å². The van der Waals surface area contributed by atoms with E-state index in [0.717, 1.165) is 24.2 Å². The van der Waals surface area contributed by atoms with Crippen LogP contribution >= 0.6 is 11.6 Å². The van der Waals surface area contributed by atoms with Gasteiger partial charge in [0, 0.05) is 17.5 Å². The maximum atomic E-state index is 15.1. The van der Waals surface area contributed by atoms with E-state index < -0.39 is 17.8 Å². The van der Waals surface area contributed by atoms with Gasteiger partial charge in [-0.25, -0.2) is 4.39 Å². The molecule has 0 unspecified atom stereocenters. The Morgan fingerprint density at radius 3 is 2.31 bits per heavy atom. The Kier molecular flexibility index (Phi) is 10.6. The molecule has 3 aromatic carbocycles. The van der Waals surface area contributed by atoms with E-state index in [1.807, 2.05) is 54.6 Å². The number of unbranched alkanes of at least 4 members (excludes halogenated alkanes) is 1. The third-order valence-electron chi connectivity index (χ3n) is 6.92. The number of nitrogens with zero attached hydrogens (tertiary/aromatic N) is 1. The van der Waals surface area contributed by atoms with Gasteiger partial charge >= 0.3 is 11.9 Å². The molecule has 0 fully saturated rings. The molecule has 0 atom stereocenters. The average Bonchev–Trinajstić information content (AvgIpc) is 3.23. The SMILES string of the molecule is Cc1c(CCCC(=O)O)c2c(F)ccc(C=Cc3ccc(OCCCCOc4ccccc4Cl)cc3)c2n1CC(=O)O. The highest BCUT2D eigenvalue weighted by Gasteiger charge is 2.21. The molecule has 7 nitrogen and oxygen atoms in total. The first-order valence-corrected chi connectivity index (χ1v) is 14.1. The Morgan fingerprint density at radius 1 is 0.905 bits per heavy atom. The molecule has 1 heterocycles. The Morgan fingerprint density at radius 2 is 1.62 bits per heavy atom. The summed E-state index contributed by atoms with van der Waals surface area (Å²) in [5.41, 5.74) is 3.30. The lowest BCUT2D eigenvalue weighted by Crippen LogP contribution is -2.10. The zero-order valence-corrected chi connectivity index (χ0v) is 24.1. The second kappa shape index (κ2) is 14.5. The normalized spacial score (nSPS) is 11.3. The second-order valence-corrected chi connectivity index (χ2v) is 10.3. The topological polar surface area (TPSA) is 98.0 Å². The summed E-state index contributed by atoms with van der Waals surface area (Å²) in [6, 6.07) is 17.9. The number of rotatable bonds is 15. The number of carboxylic acids is 2. The minimum atomic E-state index is -1.05. The molecule has 0 aliphatic rings. The standard InChI is InChI=1S/C33H33ClFNO6/c1-22-26(7-6-10-30(37)38)32-28(35)18-15-24(33(32)36(22)21-31(39)40)14-11-23-12-16-25(17-13-23)41-19-4-5-20-42-29-9-3-2-8-27(29)34/h2-3,8-9,11-18H,4-7,10,19-21H2,1H3,(H,37,38)(H,39,40). The van der Waals surface area contributed by atoms with Crippen LogP contribution in [0.2, 0.25) is 5.02 Å². The summed E-state index contributed by atoms with van der Waals surface area (Å²) in [7, 11) is 0. The fourth-order valence-electron chi connectivity index (χ4n) is 4.86. The molecule has 220 valence electrons. The van der Waals surface area contributed by atoms with Crippen LogP contribution in [-0.2, 0) is 22.6 Å². The lowest BCUT2D eigenvalue weighted by atomic mass is 10.0. The molecule has 0 spiro atoms. The van der Waals surface area contributed by atoms with E-state index in [1.165, 1.54) is 6.07 Å². The molecule has 0 bridgehead atoms. The molecule has 0 aliphatic carbocycles. The van der Waals surface area contributed by atoms with Crippen molar-refractivity contribution in [1.82, 2.24) is 4.57 Å². The van der Waals surface area contributed by atoms with E-state index in [4.69, 9.17) is 26.2 Å². The highest BCUT2D eigenvalue weighted by atomic mass is 35.5. The number of hydrogen-bond donors (Lipinski definition) is 2.